The number of ether oxygens (including phenoxy) is 3. The molecule has 0 spiro atoms. The number of aryl methyl sites for hydroxylation is 1. The fourth-order valence-electron chi connectivity index (χ4n) is 4.34. The molecule has 2 heterocycles. The van der Waals surface area contributed by atoms with Gasteiger partial charge in [0.25, 0.3) is 5.79 Å². The van der Waals surface area contributed by atoms with E-state index >= 15 is 0 Å². The van der Waals surface area contributed by atoms with E-state index in [0.717, 1.165) is 24.0 Å². The van der Waals surface area contributed by atoms with Crippen molar-refractivity contribution in [2.75, 3.05) is 0 Å². The van der Waals surface area contributed by atoms with Gasteiger partial charge in [0.15, 0.2) is 11.6 Å². The van der Waals surface area contributed by atoms with E-state index < -0.39 is 23.8 Å². The van der Waals surface area contributed by atoms with Crippen LogP contribution < -0.4 is 0 Å². The highest BCUT2D eigenvalue weighted by Crippen LogP contribution is 2.46. The number of carbonyl (C=O) groups is 1. The average Bonchev–Trinajstić information content (AvgIpc) is 3.06. The molecule has 1 aromatic heterocycles. The molecule has 180 valence electrons. The van der Waals surface area contributed by atoms with Gasteiger partial charge in [-0.05, 0) is 38.7 Å². The van der Waals surface area contributed by atoms with Gasteiger partial charge in [0.05, 0.1) is 0 Å². The van der Waals surface area contributed by atoms with Gasteiger partial charge in [-0.1, -0.05) is 70.2 Å². The van der Waals surface area contributed by atoms with Gasteiger partial charge in [0.2, 0.25) is 0 Å². The first kappa shape index (κ1) is 25.1. The lowest BCUT2D eigenvalue weighted by atomic mass is 9.97. The summed E-state index contributed by atoms with van der Waals surface area (Å²) in [5.74, 6) is -1.87. The fourth-order valence-corrected chi connectivity index (χ4v) is 4.34. The molecule has 0 saturated carbocycles. The van der Waals surface area contributed by atoms with E-state index in [4.69, 9.17) is 14.2 Å². The second kappa shape index (κ2) is 11.1. The van der Waals surface area contributed by atoms with E-state index in [2.05, 4.69) is 16.9 Å². The van der Waals surface area contributed by atoms with E-state index in [1.165, 1.54) is 32.1 Å². The van der Waals surface area contributed by atoms with Crippen molar-refractivity contribution in [1.82, 2.24) is 9.97 Å². The molecule has 0 bridgehead atoms. The summed E-state index contributed by atoms with van der Waals surface area (Å²) in [4.78, 5) is 20.6. The van der Waals surface area contributed by atoms with Crippen molar-refractivity contribution < 1.29 is 24.1 Å². The largest absolute Gasteiger partial charge is 0.508 e. The maximum atomic E-state index is 11.5. The van der Waals surface area contributed by atoms with Crippen LogP contribution in [0, 0.1) is 0 Å². The van der Waals surface area contributed by atoms with Crippen molar-refractivity contribution in [3.8, 4) is 11.4 Å². The Morgan fingerprint density at radius 2 is 1.67 bits per heavy atom. The molecule has 1 fully saturated rings. The van der Waals surface area contributed by atoms with Crippen LogP contribution in [-0.2, 0) is 26.4 Å². The lowest BCUT2D eigenvalue weighted by molar-refractivity contribution is -0.243. The second-order valence-corrected chi connectivity index (χ2v) is 9.06. The Morgan fingerprint density at radius 3 is 2.27 bits per heavy atom. The van der Waals surface area contributed by atoms with Crippen LogP contribution in [0.15, 0.2) is 36.7 Å². The molecule has 3 rings (SSSR count). The molecule has 1 aliphatic heterocycles. The molecule has 1 aromatic carbocycles. The Hall–Kier alpha value is -2.51. The Bertz CT molecular complexity index is 898. The van der Waals surface area contributed by atoms with Gasteiger partial charge in [-0.3, -0.25) is 0 Å². The smallest absolute Gasteiger partial charge is 0.450 e. The molecule has 1 N–H and O–H groups in total. The molecule has 0 aliphatic carbocycles. The third-order valence-corrected chi connectivity index (χ3v) is 5.93. The van der Waals surface area contributed by atoms with Crippen molar-refractivity contribution in [2.24, 2.45) is 0 Å². The second-order valence-electron chi connectivity index (χ2n) is 9.06. The summed E-state index contributed by atoms with van der Waals surface area (Å²) in [6.07, 6.45) is 10.9. The predicted molar refractivity (Wildman–Crippen MR) is 126 cm³/mol. The van der Waals surface area contributed by atoms with Crippen molar-refractivity contribution >= 4 is 6.16 Å². The maximum Gasteiger partial charge on any atom is 0.508 e. The third-order valence-electron chi connectivity index (χ3n) is 5.93. The molecule has 1 aliphatic rings. The van der Waals surface area contributed by atoms with Gasteiger partial charge >= 0.3 is 6.16 Å². The molecule has 7 heteroatoms. The highest BCUT2D eigenvalue weighted by Gasteiger charge is 2.57. The van der Waals surface area contributed by atoms with Gasteiger partial charge in [-0.15, -0.1) is 0 Å². The molecule has 0 amide bonds. The number of nitrogens with zero attached hydrogens (tertiary/aromatic N) is 2. The number of hydrogen-bond acceptors (Lipinski definition) is 6. The minimum Gasteiger partial charge on any atom is -0.450 e. The van der Waals surface area contributed by atoms with Crippen LogP contribution in [0.1, 0.15) is 83.8 Å². The Balaban J connectivity index is 1.70. The topological polar surface area (TPSA) is 90.8 Å². The summed E-state index contributed by atoms with van der Waals surface area (Å²) < 4.78 is 17.2. The molecule has 7 nitrogen and oxygen atoms in total. The lowest BCUT2D eigenvalue weighted by Crippen LogP contribution is -2.41. The minimum atomic E-state index is -1.52. The van der Waals surface area contributed by atoms with Crippen molar-refractivity contribution in [3.63, 3.8) is 0 Å². The van der Waals surface area contributed by atoms with Crippen molar-refractivity contribution in [3.05, 3.63) is 47.8 Å². The third kappa shape index (κ3) is 6.30. The van der Waals surface area contributed by atoms with Crippen LogP contribution in [0.25, 0.3) is 11.4 Å². The highest BCUT2D eigenvalue weighted by atomic mass is 16.9. The van der Waals surface area contributed by atoms with E-state index in [1.807, 2.05) is 31.5 Å². The number of unbranched alkanes of at least 4 members (excludes halogenated alkanes) is 5. The van der Waals surface area contributed by atoms with Gasteiger partial charge in [-0.2, -0.15) is 0 Å². The van der Waals surface area contributed by atoms with Crippen LogP contribution >= 0.6 is 0 Å². The van der Waals surface area contributed by atoms with Crippen LogP contribution in [0.2, 0.25) is 0 Å². The normalized spacial score (nSPS) is 21.8. The highest BCUT2D eigenvalue weighted by molar-refractivity contribution is 5.59. The quantitative estimate of drug-likeness (QED) is 0.307. The zero-order chi connectivity index (χ0) is 23.9. The summed E-state index contributed by atoms with van der Waals surface area (Å²) in [5.41, 5.74) is 2.55. The van der Waals surface area contributed by atoms with Crippen LogP contribution in [0.4, 0.5) is 4.79 Å². The SMILES string of the molecule is CCCCCCCCc1cnc(-c2ccc([C@]3(OC(=O)O)OC(C)(C)O[C@@H]3CC)cc2)nc1. The van der Waals surface area contributed by atoms with Gasteiger partial charge in [0.1, 0.15) is 6.10 Å². The Morgan fingerprint density at radius 1 is 1.03 bits per heavy atom. The summed E-state index contributed by atoms with van der Waals surface area (Å²) in [6.45, 7) is 7.63. The molecule has 33 heavy (non-hydrogen) atoms. The molecular formula is C26H36N2O5. The number of hydrogen-bond donors (Lipinski definition) is 1. The van der Waals surface area contributed by atoms with Crippen molar-refractivity contribution in [1.29, 1.82) is 0 Å². The average molecular weight is 457 g/mol. The Labute approximate surface area is 196 Å². The van der Waals surface area contributed by atoms with Crippen LogP contribution in [0.3, 0.4) is 0 Å². The number of aromatic nitrogens is 2. The molecule has 1 saturated heterocycles. The molecule has 0 unspecified atom stereocenters. The first-order valence-corrected chi connectivity index (χ1v) is 12.0. The fraction of sp³-hybridized carbons (Fsp3) is 0.577. The molecule has 0 radical (unpaired) electrons. The van der Waals surface area contributed by atoms with Crippen LogP contribution in [-0.4, -0.2) is 33.1 Å². The standard InChI is InChI=1S/C26H36N2O5/c1-5-7-8-9-10-11-12-19-17-27-23(28-18-19)20-13-15-21(16-14-20)26(32-24(29)30)22(6-2)31-25(3,4)33-26/h13-18,22H,5-12H2,1-4H3,(H,29,30)/t22-,26+/m1/s1. The van der Waals surface area contributed by atoms with Crippen molar-refractivity contribution in [2.45, 2.75) is 96.7 Å². The summed E-state index contributed by atoms with van der Waals surface area (Å²) >= 11 is 0. The summed E-state index contributed by atoms with van der Waals surface area (Å²) in [7, 11) is 0. The lowest BCUT2D eigenvalue weighted by Gasteiger charge is -2.31. The first-order valence-electron chi connectivity index (χ1n) is 12.0. The minimum absolute atomic E-state index is 0.529. The first-order chi connectivity index (χ1) is 15.8. The maximum absolute atomic E-state index is 11.5. The monoisotopic (exact) mass is 456 g/mol. The summed E-state index contributed by atoms with van der Waals surface area (Å²) in [6, 6.07) is 7.29. The number of rotatable bonds is 11. The number of carboxylic acid groups (broad SMARTS) is 1. The van der Waals surface area contributed by atoms with Gasteiger partial charge in [0, 0.05) is 23.5 Å². The van der Waals surface area contributed by atoms with Gasteiger partial charge in [-0.25, -0.2) is 14.8 Å². The van der Waals surface area contributed by atoms with E-state index in [-0.39, 0.29) is 0 Å². The molecule has 2 atom stereocenters. The van der Waals surface area contributed by atoms with E-state index in [9.17, 15) is 9.90 Å². The predicted octanol–water partition coefficient (Wildman–Crippen LogP) is 6.46. The van der Waals surface area contributed by atoms with E-state index in [1.54, 1.807) is 26.0 Å². The zero-order valence-electron chi connectivity index (χ0n) is 20.2. The summed E-state index contributed by atoms with van der Waals surface area (Å²) in [5, 5.41) is 9.38. The number of benzene rings is 1. The molecule has 2 aromatic rings. The zero-order valence-corrected chi connectivity index (χ0v) is 20.2. The van der Waals surface area contributed by atoms with Crippen LogP contribution in [0.5, 0.6) is 0 Å². The van der Waals surface area contributed by atoms with Gasteiger partial charge < -0.3 is 19.3 Å². The Kier molecular flexibility index (Phi) is 8.43. The molecular weight excluding hydrogens is 420 g/mol. The van der Waals surface area contributed by atoms with E-state index in [0.29, 0.717) is 17.8 Å².